The van der Waals surface area contributed by atoms with Crippen LogP contribution >= 0.6 is 0 Å². The molecule has 2 rings (SSSR count). The summed E-state index contributed by atoms with van der Waals surface area (Å²) in [5.74, 6) is 0. The van der Waals surface area contributed by atoms with Crippen LogP contribution in [-0.2, 0) is 0 Å². The zero-order valence-corrected chi connectivity index (χ0v) is 9.59. The van der Waals surface area contributed by atoms with Gasteiger partial charge >= 0.3 is 0 Å². The number of likely N-dealkylation sites (N-methyl/N-ethyl adjacent to an activating group) is 1. The van der Waals surface area contributed by atoms with Crippen molar-refractivity contribution in [1.29, 1.82) is 0 Å². The van der Waals surface area contributed by atoms with E-state index in [2.05, 4.69) is 36.3 Å². The average molecular weight is 191 g/mol. The van der Waals surface area contributed by atoms with Gasteiger partial charge in [-0.3, -0.25) is 0 Å². The first-order valence-electron chi connectivity index (χ1n) is 5.65. The van der Waals surface area contributed by atoms with E-state index in [1.807, 2.05) is 13.8 Å². The van der Waals surface area contributed by atoms with E-state index < -0.39 is 0 Å². The highest BCUT2D eigenvalue weighted by Crippen LogP contribution is 2.24. The minimum atomic E-state index is 1.08. The maximum atomic E-state index is 2.35. The number of allylic oxidation sites excluding steroid dienone is 5. The summed E-state index contributed by atoms with van der Waals surface area (Å²) in [5, 5.41) is 0. The monoisotopic (exact) mass is 191 g/mol. The Morgan fingerprint density at radius 1 is 1.14 bits per heavy atom. The summed E-state index contributed by atoms with van der Waals surface area (Å²) < 4.78 is 0. The Hall–Kier alpha value is -0.980. The summed E-state index contributed by atoms with van der Waals surface area (Å²) in [6, 6.07) is 0. The van der Waals surface area contributed by atoms with Crippen LogP contribution in [0, 0.1) is 0 Å². The van der Waals surface area contributed by atoms with E-state index in [1.165, 1.54) is 30.7 Å². The van der Waals surface area contributed by atoms with Gasteiger partial charge in [-0.2, -0.15) is 0 Å². The Morgan fingerprint density at radius 3 is 2.64 bits per heavy atom. The molecule has 78 valence electrons. The third-order valence-electron chi connectivity index (χ3n) is 2.55. The van der Waals surface area contributed by atoms with Gasteiger partial charge in [-0.05, 0) is 30.9 Å². The molecule has 1 aliphatic carbocycles. The Bertz CT molecular complexity index is 258. The Labute approximate surface area is 87.8 Å². The molecule has 0 aromatic rings. The van der Waals surface area contributed by atoms with Crippen molar-refractivity contribution in [1.82, 2.24) is 4.90 Å². The smallest absolute Gasteiger partial charge is 0.0392 e. The number of hydrogen-bond acceptors (Lipinski definition) is 1. The topological polar surface area (TPSA) is 3.24 Å². The van der Waals surface area contributed by atoms with Crippen LogP contribution in [0.25, 0.3) is 0 Å². The lowest BCUT2D eigenvalue weighted by Crippen LogP contribution is -2.23. The third-order valence-corrected chi connectivity index (χ3v) is 2.55. The van der Waals surface area contributed by atoms with Gasteiger partial charge in [0.1, 0.15) is 0 Å². The molecule has 0 amide bonds. The first-order valence-corrected chi connectivity index (χ1v) is 5.65. The van der Waals surface area contributed by atoms with E-state index in [4.69, 9.17) is 0 Å². The minimum Gasteiger partial charge on any atom is -0.374 e. The molecular formula is C13H21N. The van der Waals surface area contributed by atoms with Crippen molar-refractivity contribution in [2.24, 2.45) is 0 Å². The fourth-order valence-corrected chi connectivity index (χ4v) is 1.87. The van der Waals surface area contributed by atoms with Crippen LogP contribution in [0.5, 0.6) is 0 Å². The molecule has 0 spiro atoms. The van der Waals surface area contributed by atoms with E-state index in [-0.39, 0.29) is 0 Å². The van der Waals surface area contributed by atoms with Crippen LogP contribution in [0.15, 0.2) is 35.6 Å². The van der Waals surface area contributed by atoms with Crippen molar-refractivity contribution >= 4 is 0 Å². The molecule has 0 unspecified atom stereocenters. The standard InChI is InChI=1S/C11H15N.C2H6/c1-12-9-5-7-10-6-3-2-4-8-11(10)12;1-2/h3-4,6,8H,2,5,7,9H2,1H3;1-2H3. The summed E-state index contributed by atoms with van der Waals surface area (Å²) in [6.45, 7) is 5.21. The molecule has 0 saturated carbocycles. The Morgan fingerprint density at radius 2 is 1.86 bits per heavy atom. The van der Waals surface area contributed by atoms with Gasteiger partial charge in [-0.25, -0.2) is 0 Å². The molecule has 1 nitrogen and oxygen atoms in total. The Balaban J connectivity index is 0.000000461. The van der Waals surface area contributed by atoms with Crippen molar-refractivity contribution in [2.45, 2.75) is 33.1 Å². The molecule has 0 saturated heterocycles. The second-order valence-electron chi connectivity index (χ2n) is 3.48. The highest BCUT2D eigenvalue weighted by Gasteiger charge is 2.13. The number of rotatable bonds is 0. The van der Waals surface area contributed by atoms with Crippen LogP contribution in [0.2, 0.25) is 0 Å². The van der Waals surface area contributed by atoms with Gasteiger partial charge in [0, 0.05) is 19.3 Å². The van der Waals surface area contributed by atoms with Crippen LogP contribution < -0.4 is 0 Å². The van der Waals surface area contributed by atoms with Gasteiger partial charge in [-0.15, -0.1) is 0 Å². The van der Waals surface area contributed by atoms with Gasteiger partial charge in [0.15, 0.2) is 0 Å². The van der Waals surface area contributed by atoms with E-state index >= 15 is 0 Å². The predicted octanol–water partition coefficient (Wildman–Crippen LogP) is 3.51. The van der Waals surface area contributed by atoms with Crippen LogP contribution in [0.4, 0.5) is 0 Å². The van der Waals surface area contributed by atoms with E-state index in [9.17, 15) is 0 Å². The summed E-state index contributed by atoms with van der Waals surface area (Å²) >= 11 is 0. The molecule has 0 radical (unpaired) electrons. The van der Waals surface area contributed by atoms with Crippen molar-refractivity contribution in [2.75, 3.05) is 13.6 Å². The highest BCUT2D eigenvalue weighted by atomic mass is 15.1. The van der Waals surface area contributed by atoms with Gasteiger partial charge in [0.05, 0.1) is 0 Å². The average Bonchev–Trinajstić information content (AvgIpc) is 2.47. The summed E-state index contributed by atoms with van der Waals surface area (Å²) in [6.07, 6.45) is 12.7. The minimum absolute atomic E-state index is 1.08. The van der Waals surface area contributed by atoms with Gasteiger partial charge in [0.25, 0.3) is 0 Å². The second-order valence-corrected chi connectivity index (χ2v) is 3.48. The zero-order chi connectivity index (χ0) is 10.4. The molecule has 0 aromatic carbocycles. The highest BCUT2D eigenvalue weighted by molar-refractivity contribution is 5.36. The Kier molecular flexibility index (Phi) is 4.51. The van der Waals surface area contributed by atoms with Crippen LogP contribution in [0.3, 0.4) is 0 Å². The third kappa shape index (κ3) is 2.50. The van der Waals surface area contributed by atoms with Gasteiger partial charge < -0.3 is 4.90 Å². The lowest BCUT2D eigenvalue weighted by molar-refractivity contribution is 0.394. The maximum Gasteiger partial charge on any atom is 0.0392 e. The fraction of sp³-hybridized carbons (Fsp3) is 0.538. The lowest BCUT2D eigenvalue weighted by atomic mass is 10.0. The van der Waals surface area contributed by atoms with Crippen molar-refractivity contribution in [3.63, 3.8) is 0 Å². The molecule has 0 N–H and O–H groups in total. The molecule has 0 fully saturated rings. The normalized spacial score (nSPS) is 19.8. The first-order chi connectivity index (χ1) is 6.88. The fourth-order valence-electron chi connectivity index (χ4n) is 1.87. The molecule has 1 heterocycles. The second kappa shape index (κ2) is 5.69. The van der Waals surface area contributed by atoms with Crippen LogP contribution in [0.1, 0.15) is 33.1 Å². The molecule has 2 aliphatic rings. The van der Waals surface area contributed by atoms with Crippen molar-refractivity contribution < 1.29 is 0 Å². The van der Waals surface area contributed by atoms with Crippen molar-refractivity contribution in [3.8, 4) is 0 Å². The molecule has 1 aliphatic heterocycles. The summed E-state index contributed by atoms with van der Waals surface area (Å²) in [4.78, 5) is 2.35. The zero-order valence-electron chi connectivity index (χ0n) is 9.59. The van der Waals surface area contributed by atoms with E-state index in [1.54, 1.807) is 0 Å². The summed E-state index contributed by atoms with van der Waals surface area (Å²) in [5.41, 5.74) is 2.94. The maximum absolute atomic E-state index is 2.35. The van der Waals surface area contributed by atoms with Gasteiger partial charge in [-0.1, -0.05) is 32.1 Å². The molecule has 1 heteroatoms. The lowest BCUT2D eigenvalue weighted by Gasteiger charge is -2.27. The SMILES string of the molecule is CC.CN1CCCC2=C1C=CCC=C2. The molecule has 14 heavy (non-hydrogen) atoms. The first kappa shape index (κ1) is 11.1. The number of hydrogen-bond donors (Lipinski definition) is 0. The van der Waals surface area contributed by atoms with Crippen molar-refractivity contribution in [3.05, 3.63) is 35.6 Å². The quantitative estimate of drug-likeness (QED) is 0.566. The predicted molar refractivity (Wildman–Crippen MR) is 63.1 cm³/mol. The molecule has 0 aromatic heterocycles. The molecule has 0 atom stereocenters. The van der Waals surface area contributed by atoms with E-state index in [0.29, 0.717) is 0 Å². The van der Waals surface area contributed by atoms with Crippen LogP contribution in [-0.4, -0.2) is 18.5 Å². The number of nitrogens with zero attached hydrogens (tertiary/aromatic N) is 1. The summed E-state index contributed by atoms with van der Waals surface area (Å²) in [7, 11) is 2.18. The van der Waals surface area contributed by atoms with Gasteiger partial charge in [0.2, 0.25) is 0 Å². The van der Waals surface area contributed by atoms with E-state index in [0.717, 1.165) is 6.42 Å². The largest absolute Gasteiger partial charge is 0.374 e. The molecule has 0 bridgehead atoms. The molecular weight excluding hydrogens is 170 g/mol.